The van der Waals surface area contributed by atoms with E-state index in [-0.39, 0.29) is 11.7 Å². The van der Waals surface area contributed by atoms with Crippen LogP contribution >= 0.6 is 0 Å². The van der Waals surface area contributed by atoms with Crippen molar-refractivity contribution in [3.63, 3.8) is 0 Å². The van der Waals surface area contributed by atoms with Gasteiger partial charge in [-0.05, 0) is 37.1 Å². The van der Waals surface area contributed by atoms with Gasteiger partial charge in [0, 0.05) is 11.6 Å². The smallest absolute Gasteiger partial charge is 0.256 e. The Morgan fingerprint density at radius 2 is 2.00 bits per heavy atom. The van der Waals surface area contributed by atoms with Gasteiger partial charge in [0.25, 0.3) is 5.91 Å². The predicted octanol–water partition coefficient (Wildman–Crippen LogP) is 2.25. The topological polar surface area (TPSA) is 75.4 Å². The van der Waals surface area contributed by atoms with Crippen LogP contribution in [0.5, 0.6) is 5.75 Å². The average molecular weight is 232 g/mol. The molecule has 2 N–H and O–H groups in total. The number of aryl methyl sites for hydroxylation is 2. The lowest BCUT2D eigenvalue weighted by atomic mass is 10.1. The van der Waals surface area contributed by atoms with Crippen LogP contribution in [-0.4, -0.2) is 16.2 Å². The molecule has 0 saturated carbocycles. The standard InChI is InChI=1S/C12H12N2O3/c1-7-5-9(6-8(2)11(7)15)12(16)13-10-3-4-17-14-10/h3-6,15H,1-2H3,(H,13,14,16). The SMILES string of the molecule is Cc1cc(C(=O)Nc2ccon2)cc(C)c1O. The fourth-order valence-electron chi connectivity index (χ4n) is 1.55. The zero-order chi connectivity index (χ0) is 12.4. The third-order valence-electron chi connectivity index (χ3n) is 2.43. The molecule has 0 aliphatic carbocycles. The highest BCUT2D eigenvalue weighted by atomic mass is 16.5. The molecule has 2 aromatic rings. The molecule has 88 valence electrons. The van der Waals surface area contributed by atoms with E-state index in [1.54, 1.807) is 32.0 Å². The van der Waals surface area contributed by atoms with Gasteiger partial charge in [-0.25, -0.2) is 0 Å². The minimum Gasteiger partial charge on any atom is -0.507 e. The molecule has 5 nitrogen and oxygen atoms in total. The molecule has 1 amide bonds. The number of rotatable bonds is 2. The number of hydrogen-bond donors (Lipinski definition) is 2. The third-order valence-corrected chi connectivity index (χ3v) is 2.43. The van der Waals surface area contributed by atoms with Crippen molar-refractivity contribution in [2.45, 2.75) is 13.8 Å². The molecule has 0 bridgehead atoms. The van der Waals surface area contributed by atoms with Gasteiger partial charge in [0.2, 0.25) is 0 Å². The maximum atomic E-state index is 11.9. The molecule has 2 rings (SSSR count). The molecule has 0 saturated heterocycles. The Hall–Kier alpha value is -2.30. The molecule has 0 aliphatic heterocycles. The van der Waals surface area contributed by atoms with Gasteiger partial charge in [-0.3, -0.25) is 4.79 Å². The fourth-order valence-corrected chi connectivity index (χ4v) is 1.55. The summed E-state index contributed by atoms with van der Waals surface area (Å²) in [6.07, 6.45) is 1.38. The predicted molar refractivity (Wildman–Crippen MR) is 62.0 cm³/mol. The van der Waals surface area contributed by atoms with Crippen LogP contribution < -0.4 is 5.32 Å². The van der Waals surface area contributed by atoms with E-state index in [2.05, 4.69) is 15.0 Å². The number of anilines is 1. The van der Waals surface area contributed by atoms with E-state index in [1.807, 2.05) is 0 Å². The van der Waals surface area contributed by atoms with Crippen LogP contribution in [-0.2, 0) is 0 Å². The van der Waals surface area contributed by atoms with Crippen molar-refractivity contribution in [1.29, 1.82) is 0 Å². The van der Waals surface area contributed by atoms with Crippen LogP contribution in [0.3, 0.4) is 0 Å². The number of nitrogens with one attached hydrogen (secondary N) is 1. The zero-order valence-corrected chi connectivity index (χ0v) is 9.52. The van der Waals surface area contributed by atoms with Gasteiger partial charge in [-0.15, -0.1) is 0 Å². The molecule has 0 atom stereocenters. The molecule has 1 heterocycles. The summed E-state index contributed by atoms with van der Waals surface area (Å²) >= 11 is 0. The molecule has 0 radical (unpaired) electrons. The van der Waals surface area contributed by atoms with Crippen molar-refractivity contribution in [1.82, 2.24) is 5.16 Å². The van der Waals surface area contributed by atoms with Crippen molar-refractivity contribution >= 4 is 11.7 Å². The van der Waals surface area contributed by atoms with Crippen LogP contribution in [0.4, 0.5) is 5.82 Å². The van der Waals surface area contributed by atoms with Crippen molar-refractivity contribution < 1.29 is 14.4 Å². The van der Waals surface area contributed by atoms with Crippen LogP contribution in [0.2, 0.25) is 0 Å². The Kier molecular flexibility index (Phi) is 2.82. The van der Waals surface area contributed by atoms with E-state index < -0.39 is 0 Å². The highest BCUT2D eigenvalue weighted by molar-refractivity contribution is 6.04. The highest BCUT2D eigenvalue weighted by Crippen LogP contribution is 2.23. The van der Waals surface area contributed by atoms with Crippen molar-refractivity contribution in [2.24, 2.45) is 0 Å². The third kappa shape index (κ3) is 2.28. The Bertz CT molecular complexity index is 524. The lowest BCUT2D eigenvalue weighted by Crippen LogP contribution is -2.12. The maximum Gasteiger partial charge on any atom is 0.256 e. The van der Waals surface area contributed by atoms with Crippen molar-refractivity contribution in [2.75, 3.05) is 5.32 Å². The van der Waals surface area contributed by atoms with Crippen LogP contribution in [0, 0.1) is 13.8 Å². The van der Waals surface area contributed by atoms with Crippen LogP contribution in [0.1, 0.15) is 21.5 Å². The minimum atomic E-state index is -0.287. The first-order valence-electron chi connectivity index (χ1n) is 5.10. The van der Waals surface area contributed by atoms with E-state index in [9.17, 15) is 9.90 Å². The summed E-state index contributed by atoms with van der Waals surface area (Å²) in [6.45, 7) is 3.49. The zero-order valence-electron chi connectivity index (χ0n) is 9.52. The normalized spacial score (nSPS) is 10.2. The molecule has 0 spiro atoms. The minimum absolute atomic E-state index is 0.211. The maximum absolute atomic E-state index is 11.9. The molecule has 1 aromatic heterocycles. The number of phenols is 1. The Morgan fingerprint density at radius 1 is 1.35 bits per heavy atom. The van der Waals surface area contributed by atoms with E-state index in [0.717, 1.165) is 0 Å². The van der Waals surface area contributed by atoms with E-state index >= 15 is 0 Å². The number of aromatic nitrogens is 1. The van der Waals surface area contributed by atoms with Crippen LogP contribution in [0.15, 0.2) is 29.0 Å². The first kappa shape index (κ1) is 11.2. The second kappa shape index (κ2) is 4.29. The summed E-state index contributed by atoms with van der Waals surface area (Å²) in [6, 6.07) is 4.80. The van der Waals surface area contributed by atoms with Gasteiger partial charge in [0.1, 0.15) is 12.0 Å². The molecule has 5 heteroatoms. The number of benzene rings is 1. The Labute approximate surface area is 98.1 Å². The van der Waals surface area contributed by atoms with Crippen molar-refractivity contribution in [3.8, 4) is 5.75 Å². The van der Waals surface area contributed by atoms with E-state index in [1.165, 1.54) is 6.26 Å². The summed E-state index contributed by atoms with van der Waals surface area (Å²) in [7, 11) is 0. The molecular formula is C12H12N2O3. The molecule has 0 aliphatic rings. The van der Waals surface area contributed by atoms with Crippen molar-refractivity contribution in [3.05, 3.63) is 41.2 Å². The fraction of sp³-hybridized carbons (Fsp3) is 0.167. The number of phenolic OH excluding ortho intramolecular Hbond substituents is 1. The molecule has 0 unspecified atom stereocenters. The number of hydrogen-bond acceptors (Lipinski definition) is 4. The lowest BCUT2D eigenvalue weighted by molar-refractivity contribution is 0.102. The Morgan fingerprint density at radius 3 is 2.53 bits per heavy atom. The largest absolute Gasteiger partial charge is 0.507 e. The molecule has 17 heavy (non-hydrogen) atoms. The summed E-state index contributed by atoms with van der Waals surface area (Å²) < 4.78 is 4.61. The van der Waals surface area contributed by atoms with Gasteiger partial charge >= 0.3 is 0 Å². The van der Waals surface area contributed by atoms with Gasteiger partial charge < -0.3 is 14.9 Å². The Balaban J connectivity index is 2.26. The second-order valence-corrected chi connectivity index (χ2v) is 3.80. The average Bonchev–Trinajstić information content (AvgIpc) is 2.77. The van der Waals surface area contributed by atoms with Crippen LogP contribution in [0.25, 0.3) is 0 Å². The first-order valence-corrected chi connectivity index (χ1v) is 5.10. The van der Waals surface area contributed by atoms with Gasteiger partial charge in [-0.1, -0.05) is 5.16 Å². The number of carbonyl (C=O) groups excluding carboxylic acids is 1. The summed E-state index contributed by atoms with van der Waals surface area (Å²) in [5.74, 6) is 0.284. The van der Waals surface area contributed by atoms with Gasteiger partial charge in [0.15, 0.2) is 5.82 Å². The summed E-state index contributed by atoms with van der Waals surface area (Å²) in [4.78, 5) is 11.9. The molecule has 0 fully saturated rings. The number of nitrogens with zero attached hydrogens (tertiary/aromatic N) is 1. The monoisotopic (exact) mass is 232 g/mol. The van der Waals surface area contributed by atoms with Gasteiger partial charge in [-0.2, -0.15) is 0 Å². The summed E-state index contributed by atoms with van der Waals surface area (Å²) in [5.41, 5.74) is 1.80. The van der Waals surface area contributed by atoms with Gasteiger partial charge in [0.05, 0.1) is 0 Å². The lowest BCUT2D eigenvalue weighted by Gasteiger charge is -2.07. The van der Waals surface area contributed by atoms with E-state index in [0.29, 0.717) is 22.5 Å². The quantitative estimate of drug-likeness (QED) is 0.832. The number of carbonyl (C=O) groups is 1. The molecule has 1 aromatic carbocycles. The van der Waals surface area contributed by atoms with E-state index in [4.69, 9.17) is 0 Å². The summed E-state index contributed by atoms with van der Waals surface area (Å²) in [5, 5.41) is 15.8. The molecular weight excluding hydrogens is 220 g/mol. The second-order valence-electron chi connectivity index (χ2n) is 3.80. The first-order chi connectivity index (χ1) is 8.08. The highest BCUT2D eigenvalue weighted by Gasteiger charge is 2.11. The number of aromatic hydroxyl groups is 1. The number of amides is 1.